The van der Waals surface area contributed by atoms with Crippen LogP contribution in [0.3, 0.4) is 0 Å². The largest absolute Gasteiger partial charge is 0.482 e. The van der Waals surface area contributed by atoms with Gasteiger partial charge >= 0.3 is 0 Å². The molecule has 0 spiro atoms. The number of hydrogen-bond acceptors (Lipinski definition) is 4. The molecule has 3 aliphatic rings. The number of hydrogen-bond donors (Lipinski definition) is 2. The van der Waals surface area contributed by atoms with E-state index in [0.717, 1.165) is 25.0 Å². The zero-order valence-electron chi connectivity index (χ0n) is 15.7. The van der Waals surface area contributed by atoms with Gasteiger partial charge in [-0.2, -0.15) is 5.10 Å². The third-order valence-corrected chi connectivity index (χ3v) is 5.99. The normalized spacial score (nSPS) is 21.4. The Hall–Kier alpha value is -2.83. The van der Waals surface area contributed by atoms with E-state index in [2.05, 4.69) is 21.5 Å². The molecule has 2 amide bonds. The number of nitrogens with zero attached hydrogens (tertiary/aromatic N) is 2. The van der Waals surface area contributed by atoms with Crippen molar-refractivity contribution in [1.82, 2.24) is 15.1 Å². The van der Waals surface area contributed by atoms with Crippen molar-refractivity contribution in [3.63, 3.8) is 0 Å². The van der Waals surface area contributed by atoms with Gasteiger partial charge in [0.1, 0.15) is 5.75 Å². The Morgan fingerprint density at radius 2 is 2.07 bits per heavy atom. The van der Waals surface area contributed by atoms with Crippen LogP contribution >= 0.6 is 0 Å². The molecule has 146 valence electrons. The summed E-state index contributed by atoms with van der Waals surface area (Å²) in [6.45, 7) is -0.0251. The number of carbonyl (C=O) groups is 2. The highest BCUT2D eigenvalue weighted by Crippen LogP contribution is 2.34. The van der Waals surface area contributed by atoms with Crippen LogP contribution in [0.25, 0.3) is 0 Å². The van der Waals surface area contributed by atoms with Crippen molar-refractivity contribution in [2.24, 2.45) is 0 Å². The van der Waals surface area contributed by atoms with Crippen LogP contribution in [0.5, 0.6) is 5.75 Å². The molecule has 1 unspecified atom stereocenters. The van der Waals surface area contributed by atoms with Crippen LogP contribution in [0.4, 0.5) is 5.69 Å². The lowest BCUT2D eigenvalue weighted by molar-refractivity contribution is -0.118. The number of benzene rings is 1. The van der Waals surface area contributed by atoms with Crippen molar-refractivity contribution < 1.29 is 14.3 Å². The number of aryl methyl sites for hydroxylation is 1. The summed E-state index contributed by atoms with van der Waals surface area (Å²) in [5.41, 5.74) is 3.41. The molecule has 1 aliphatic heterocycles. The highest BCUT2D eigenvalue weighted by Gasteiger charge is 2.28. The van der Waals surface area contributed by atoms with Gasteiger partial charge in [-0.15, -0.1) is 0 Å². The van der Waals surface area contributed by atoms with E-state index in [4.69, 9.17) is 9.84 Å². The fraction of sp³-hybridized carbons (Fsp3) is 0.476. The zero-order chi connectivity index (χ0) is 19.1. The minimum atomic E-state index is -0.183. The van der Waals surface area contributed by atoms with E-state index in [1.165, 1.54) is 31.2 Å². The van der Waals surface area contributed by atoms with Crippen molar-refractivity contribution in [3.05, 3.63) is 41.2 Å². The van der Waals surface area contributed by atoms with Crippen LogP contribution in [-0.4, -0.2) is 28.2 Å². The molecule has 2 aromatic rings. The summed E-state index contributed by atoms with van der Waals surface area (Å²) >= 11 is 0. The van der Waals surface area contributed by atoms with E-state index in [0.29, 0.717) is 23.0 Å². The van der Waals surface area contributed by atoms with Gasteiger partial charge < -0.3 is 15.4 Å². The van der Waals surface area contributed by atoms with E-state index >= 15 is 0 Å². The second-order valence-corrected chi connectivity index (χ2v) is 7.92. The Morgan fingerprint density at radius 1 is 1.21 bits per heavy atom. The first-order valence-corrected chi connectivity index (χ1v) is 10.1. The smallest absolute Gasteiger partial charge is 0.262 e. The van der Waals surface area contributed by atoms with Crippen molar-refractivity contribution in [2.45, 2.75) is 57.0 Å². The lowest BCUT2D eigenvalue weighted by Crippen LogP contribution is -2.31. The maximum atomic E-state index is 12.8. The summed E-state index contributed by atoms with van der Waals surface area (Å²) in [5, 5.41) is 10.8. The third-order valence-electron chi connectivity index (χ3n) is 5.99. The van der Waals surface area contributed by atoms with Gasteiger partial charge in [0.2, 0.25) is 0 Å². The zero-order valence-corrected chi connectivity index (χ0v) is 15.7. The van der Waals surface area contributed by atoms with E-state index in [1.54, 1.807) is 18.2 Å². The average molecular weight is 380 g/mol. The Kier molecular flexibility index (Phi) is 4.30. The molecule has 7 nitrogen and oxygen atoms in total. The maximum Gasteiger partial charge on any atom is 0.262 e. The molecule has 0 radical (unpaired) electrons. The summed E-state index contributed by atoms with van der Waals surface area (Å²) in [6.07, 6.45) is 10.1. The fourth-order valence-corrected chi connectivity index (χ4v) is 4.52. The van der Waals surface area contributed by atoms with Crippen molar-refractivity contribution in [1.29, 1.82) is 0 Å². The van der Waals surface area contributed by atoms with Crippen molar-refractivity contribution in [2.75, 3.05) is 11.9 Å². The van der Waals surface area contributed by atoms with Gasteiger partial charge in [0, 0.05) is 11.8 Å². The number of anilines is 1. The molecule has 5 rings (SSSR count). The van der Waals surface area contributed by atoms with E-state index in [-0.39, 0.29) is 24.5 Å². The first kappa shape index (κ1) is 17.3. The monoisotopic (exact) mass is 380 g/mol. The maximum absolute atomic E-state index is 12.8. The Bertz CT molecular complexity index is 930. The van der Waals surface area contributed by atoms with Crippen molar-refractivity contribution >= 4 is 17.5 Å². The van der Waals surface area contributed by atoms with E-state index < -0.39 is 0 Å². The number of rotatable bonds is 3. The Balaban J connectivity index is 1.34. The molecular weight excluding hydrogens is 356 g/mol. The average Bonchev–Trinajstić information content (AvgIpc) is 3.37. The van der Waals surface area contributed by atoms with Gasteiger partial charge in [-0.25, -0.2) is 0 Å². The predicted octanol–water partition coefficient (Wildman–Crippen LogP) is 3.14. The van der Waals surface area contributed by atoms with Gasteiger partial charge in [-0.05, 0) is 55.9 Å². The lowest BCUT2D eigenvalue weighted by atomic mass is 9.93. The van der Waals surface area contributed by atoms with Crippen LogP contribution < -0.4 is 15.4 Å². The molecule has 1 saturated carbocycles. The number of carbonyl (C=O) groups excluding carboxylic acids is 2. The van der Waals surface area contributed by atoms with Gasteiger partial charge in [-0.3, -0.25) is 14.3 Å². The molecule has 2 aliphatic carbocycles. The quantitative estimate of drug-likeness (QED) is 0.857. The summed E-state index contributed by atoms with van der Waals surface area (Å²) < 4.78 is 7.56. The third kappa shape index (κ3) is 3.15. The fourth-order valence-electron chi connectivity index (χ4n) is 4.52. The second kappa shape index (κ2) is 6.96. The second-order valence-electron chi connectivity index (χ2n) is 7.92. The number of aromatic nitrogens is 2. The standard InChI is InChI=1S/C21H24N4O3/c26-19-12-28-18-10-13(8-9-16(18)22-19)21(27)23-17-7-3-4-14-11-25(24-20(14)17)15-5-1-2-6-15/h8-11,15,17H,1-7,12H2,(H,22,26)(H,23,27). The topological polar surface area (TPSA) is 85.2 Å². The minimum absolute atomic E-state index is 0.0251. The van der Waals surface area contributed by atoms with Crippen LogP contribution in [0.2, 0.25) is 0 Å². The van der Waals surface area contributed by atoms with E-state index in [9.17, 15) is 9.59 Å². The number of nitrogens with one attached hydrogen (secondary N) is 2. The molecule has 1 aromatic carbocycles. The van der Waals surface area contributed by atoms with Gasteiger partial charge in [0.05, 0.1) is 23.5 Å². The van der Waals surface area contributed by atoms with Crippen LogP contribution in [0, 0.1) is 0 Å². The van der Waals surface area contributed by atoms with Gasteiger partial charge in [-0.1, -0.05) is 12.8 Å². The van der Waals surface area contributed by atoms with E-state index in [1.807, 2.05) is 0 Å². The molecule has 2 N–H and O–H groups in total. The SMILES string of the molecule is O=C1COc2cc(C(=O)NC3CCCc4cn(C5CCCC5)nc43)ccc2N1. The first-order valence-electron chi connectivity index (χ1n) is 10.1. The van der Waals surface area contributed by atoms with Crippen LogP contribution in [-0.2, 0) is 11.2 Å². The molecule has 1 aromatic heterocycles. The summed E-state index contributed by atoms with van der Waals surface area (Å²) in [7, 11) is 0. The first-order chi connectivity index (χ1) is 13.7. The molecule has 0 bridgehead atoms. The number of fused-ring (bicyclic) bond motifs is 2. The molecule has 1 fully saturated rings. The summed E-state index contributed by atoms with van der Waals surface area (Å²) in [6, 6.07) is 5.56. The van der Waals surface area contributed by atoms with Crippen LogP contribution in [0.1, 0.15) is 72.2 Å². The molecule has 1 atom stereocenters. The molecule has 28 heavy (non-hydrogen) atoms. The van der Waals surface area contributed by atoms with Gasteiger partial charge in [0.15, 0.2) is 6.61 Å². The molecule has 2 heterocycles. The highest BCUT2D eigenvalue weighted by molar-refractivity contribution is 5.99. The lowest BCUT2D eigenvalue weighted by Gasteiger charge is -2.23. The predicted molar refractivity (Wildman–Crippen MR) is 103 cm³/mol. The summed E-state index contributed by atoms with van der Waals surface area (Å²) in [5.74, 6) is 0.205. The molecule has 0 saturated heterocycles. The molecule has 7 heteroatoms. The Morgan fingerprint density at radius 3 is 2.93 bits per heavy atom. The highest BCUT2D eigenvalue weighted by atomic mass is 16.5. The number of amides is 2. The van der Waals surface area contributed by atoms with Gasteiger partial charge in [0.25, 0.3) is 11.8 Å². The summed E-state index contributed by atoms with van der Waals surface area (Å²) in [4.78, 5) is 24.2. The van der Waals surface area contributed by atoms with Crippen LogP contribution in [0.15, 0.2) is 24.4 Å². The minimum Gasteiger partial charge on any atom is -0.482 e. The molecular formula is C21H24N4O3. The number of ether oxygens (including phenoxy) is 1. The van der Waals surface area contributed by atoms with Crippen molar-refractivity contribution in [3.8, 4) is 5.75 Å². The Labute approximate surface area is 163 Å².